The Bertz CT molecular complexity index is 1340. The van der Waals surface area contributed by atoms with Gasteiger partial charge in [-0.2, -0.15) is 0 Å². The van der Waals surface area contributed by atoms with Gasteiger partial charge in [-0.15, -0.1) is 0 Å². The number of ether oxygens (including phenoxy) is 3. The van der Waals surface area contributed by atoms with E-state index >= 15 is 0 Å². The van der Waals surface area contributed by atoms with Crippen molar-refractivity contribution >= 4 is 23.4 Å². The SMILES string of the molecule is CO[C@@]12[C@H](COC(N)=O)C3=C(C(=O)C4=C(OC(C)=C(C(=O)c5ccccc5)C4)C3=O)N1C[C@H]1[C@@H]2N1C. The van der Waals surface area contributed by atoms with E-state index in [0.29, 0.717) is 17.7 Å². The lowest BCUT2D eigenvalue weighted by Gasteiger charge is -2.40. The van der Waals surface area contributed by atoms with Crippen LogP contribution in [0.4, 0.5) is 4.79 Å². The van der Waals surface area contributed by atoms with Gasteiger partial charge >= 0.3 is 6.09 Å². The zero-order chi connectivity index (χ0) is 25.5. The first-order chi connectivity index (χ1) is 17.2. The van der Waals surface area contributed by atoms with E-state index in [-0.39, 0.29) is 65.0 Å². The van der Waals surface area contributed by atoms with E-state index in [1.165, 1.54) is 7.11 Å². The van der Waals surface area contributed by atoms with Crippen LogP contribution in [-0.4, -0.2) is 78.4 Å². The summed E-state index contributed by atoms with van der Waals surface area (Å²) in [5.41, 5.74) is 5.57. The van der Waals surface area contributed by atoms with Crippen molar-refractivity contribution < 1.29 is 33.4 Å². The largest absolute Gasteiger partial charge is 0.457 e. The highest BCUT2D eigenvalue weighted by Gasteiger charge is 2.75. The summed E-state index contributed by atoms with van der Waals surface area (Å²) in [4.78, 5) is 56.4. The standard InChI is InChI=1S/C26H25N3O7/c1-12-14(20(30)13-7-5-4-6-8-13)9-15-21(31)19-18(22(32)23(15)36-12)16(11-35-25(27)33)26(34-3)24-17(28(24)2)10-29(19)26/h4-8,16-17,24H,9-11H2,1-3H3,(H2,27,33)/t16-,17+,24+,26-,28?/m1/s1. The first-order valence-electron chi connectivity index (χ1n) is 11.7. The van der Waals surface area contributed by atoms with Crippen LogP contribution in [0, 0.1) is 5.92 Å². The molecule has 6 rings (SSSR count). The highest BCUT2D eigenvalue weighted by molar-refractivity contribution is 6.26. The van der Waals surface area contributed by atoms with Gasteiger partial charge < -0.3 is 24.8 Å². The van der Waals surface area contributed by atoms with Gasteiger partial charge in [-0.1, -0.05) is 30.3 Å². The summed E-state index contributed by atoms with van der Waals surface area (Å²) in [6, 6.07) is 8.76. The summed E-state index contributed by atoms with van der Waals surface area (Å²) >= 11 is 0. The minimum Gasteiger partial charge on any atom is -0.457 e. The molecule has 2 fully saturated rings. The minimum absolute atomic E-state index is 0.0146. The van der Waals surface area contributed by atoms with Gasteiger partial charge in [0.2, 0.25) is 11.6 Å². The van der Waals surface area contributed by atoms with E-state index in [0.717, 1.165) is 0 Å². The Morgan fingerprint density at radius 1 is 1.19 bits per heavy atom. The smallest absolute Gasteiger partial charge is 0.404 e. The molecule has 2 N–H and O–H groups in total. The van der Waals surface area contributed by atoms with Gasteiger partial charge in [0.15, 0.2) is 17.3 Å². The van der Waals surface area contributed by atoms with Gasteiger partial charge in [0.05, 0.1) is 23.2 Å². The van der Waals surface area contributed by atoms with E-state index in [1.807, 2.05) is 18.0 Å². The molecule has 10 heteroatoms. The number of likely N-dealkylation sites (N-methyl/N-ethyl adjacent to an activating group) is 1. The number of piperazine rings is 1. The lowest BCUT2D eigenvalue weighted by molar-refractivity contribution is -0.144. The Morgan fingerprint density at radius 3 is 2.58 bits per heavy atom. The molecule has 10 nitrogen and oxygen atoms in total. The highest BCUT2D eigenvalue weighted by atomic mass is 16.6. The fourth-order valence-electron chi connectivity index (χ4n) is 6.41. The number of benzene rings is 1. The van der Waals surface area contributed by atoms with E-state index in [2.05, 4.69) is 4.90 Å². The molecule has 1 unspecified atom stereocenters. The topological polar surface area (TPSA) is 128 Å². The van der Waals surface area contributed by atoms with E-state index in [1.54, 1.807) is 31.2 Å². The number of methoxy groups -OCH3 is 1. The number of fused-ring (bicyclic) bond motifs is 4. The number of amides is 1. The summed E-state index contributed by atoms with van der Waals surface area (Å²) < 4.78 is 17.1. The molecule has 0 bridgehead atoms. The minimum atomic E-state index is -1.06. The van der Waals surface area contributed by atoms with Crippen LogP contribution < -0.4 is 5.73 Å². The molecular weight excluding hydrogens is 466 g/mol. The third kappa shape index (κ3) is 2.79. The molecule has 4 aliphatic heterocycles. The summed E-state index contributed by atoms with van der Waals surface area (Å²) in [6.07, 6.45) is -0.994. The van der Waals surface area contributed by atoms with Gasteiger partial charge in [-0.3, -0.25) is 19.3 Å². The molecule has 0 spiro atoms. The van der Waals surface area contributed by atoms with E-state index in [9.17, 15) is 19.2 Å². The van der Waals surface area contributed by atoms with Crippen LogP contribution in [0.25, 0.3) is 0 Å². The van der Waals surface area contributed by atoms with Gasteiger partial charge in [-0.25, -0.2) is 4.79 Å². The molecule has 1 aliphatic carbocycles. The zero-order valence-electron chi connectivity index (χ0n) is 20.1. The number of nitrogens with zero attached hydrogens (tertiary/aromatic N) is 2. The van der Waals surface area contributed by atoms with Crippen LogP contribution in [-0.2, 0) is 23.8 Å². The quantitative estimate of drug-likeness (QED) is 0.368. The lowest BCUT2D eigenvalue weighted by Crippen LogP contribution is -2.55. The molecule has 1 aromatic rings. The average molecular weight is 492 g/mol. The number of ketones is 3. The lowest BCUT2D eigenvalue weighted by atomic mass is 9.80. The van der Waals surface area contributed by atoms with Crippen LogP contribution in [0.1, 0.15) is 23.7 Å². The molecule has 0 aromatic heterocycles. The number of nitrogens with two attached hydrogens (primary N) is 1. The molecule has 186 valence electrons. The van der Waals surface area contributed by atoms with Crippen LogP contribution in [0.2, 0.25) is 0 Å². The Kier molecular flexibility index (Phi) is 4.80. The van der Waals surface area contributed by atoms with Gasteiger partial charge in [0, 0.05) is 42.8 Å². The van der Waals surface area contributed by atoms with Crippen LogP contribution in [0.15, 0.2) is 64.3 Å². The Labute approximate surface area is 206 Å². The summed E-state index contributed by atoms with van der Waals surface area (Å²) in [5.74, 6) is -1.64. The van der Waals surface area contributed by atoms with E-state index in [4.69, 9.17) is 19.9 Å². The van der Waals surface area contributed by atoms with Crippen LogP contribution >= 0.6 is 0 Å². The summed E-state index contributed by atoms with van der Waals surface area (Å²) in [5, 5.41) is 0. The van der Waals surface area contributed by atoms with Crippen molar-refractivity contribution in [3.63, 3.8) is 0 Å². The molecule has 1 amide bonds. The normalized spacial score (nSPS) is 32.1. The summed E-state index contributed by atoms with van der Waals surface area (Å²) in [7, 11) is 3.47. The fraction of sp³-hybridized carbons (Fsp3) is 0.385. The molecule has 0 saturated carbocycles. The van der Waals surface area contributed by atoms with Crippen molar-refractivity contribution in [2.24, 2.45) is 11.7 Å². The molecule has 1 aromatic carbocycles. The number of primary amides is 1. The van der Waals surface area contributed by atoms with Gasteiger partial charge in [0.25, 0.3) is 0 Å². The third-order valence-corrected chi connectivity index (χ3v) is 8.10. The molecule has 5 aliphatic rings. The Morgan fingerprint density at radius 2 is 1.92 bits per heavy atom. The highest BCUT2D eigenvalue weighted by Crippen LogP contribution is 2.59. The van der Waals surface area contributed by atoms with Gasteiger partial charge in [0.1, 0.15) is 12.4 Å². The Hall–Kier alpha value is -3.76. The zero-order valence-corrected chi connectivity index (χ0v) is 20.1. The predicted molar refractivity (Wildman–Crippen MR) is 124 cm³/mol. The maximum atomic E-state index is 14.0. The number of carbonyl (C=O) groups is 4. The van der Waals surface area contributed by atoms with Crippen LogP contribution in [0.3, 0.4) is 0 Å². The number of rotatable bonds is 5. The molecule has 2 saturated heterocycles. The second-order valence-electron chi connectivity index (χ2n) is 9.66. The van der Waals surface area contributed by atoms with Crippen molar-refractivity contribution in [2.45, 2.75) is 31.2 Å². The third-order valence-electron chi connectivity index (χ3n) is 8.10. The van der Waals surface area contributed by atoms with Crippen molar-refractivity contribution in [3.8, 4) is 0 Å². The van der Waals surface area contributed by atoms with Crippen molar-refractivity contribution in [2.75, 3.05) is 27.3 Å². The maximum absolute atomic E-state index is 14.0. The molecule has 5 atom stereocenters. The molecular formula is C26H25N3O7. The number of hydrogen-bond acceptors (Lipinski definition) is 9. The van der Waals surface area contributed by atoms with Crippen LogP contribution in [0.5, 0.6) is 0 Å². The van der Waals surface area contributed by atoms with Crippen molar-refractivity contribution in [1.29, 1.82) is 0 Å². The van der Waals surface area contributed by atoms with Crippen molar-refractivity contribution in [3.05, 3.63) is 69.8 Å². The van der Waals surface area contributed by atoms with Gasteiger partial charge in [-0.05, 0) is 14.0 Å². The number of allylic oxidation sites excluding steroid dienone is 4. The Balaban J connectivity index is 1.39. The second kappa shape index (κ2) is 7.62. The number of carbonyl (C=O) groups excluding carboxylic acids is 4. The molecule has 0 radical (unpaired) electrons. The predicted octanol–water partition coefficient (Wildman–Crippen LogP) is 1.29. The van der Waals surface area contributed by atoms with E-state index < -0.39 is 23.5 Å². The maximum Gasteiger partial charge on any atom is 0.404 e. The summed E-state index contributed by atoms with van der Waals surface area (Å²) in [6.45, 7) is 1.88. The number of hydrogen-bond donors (Lipinski definition) is 1. The fourth-order valence-corrected chi connectivity index (χ4v) is 6.41. The molecule has 4 heterocycles. The monoisotopic (exact) mass is 491 g/mol. The second-order valence-corrected chi connectivity index (χ2v) is 9.66. The first-order valence-corrected chi connectivity index (χ1v) is 11.7. The molecule has 36 heavy (non-hydrogen) atoms. The average Bonchev–Trinajstić information content (AvgIpc) is 3.24. The van der Waals surface area contributed by atoms with Crippen molar-refractivity contribution in [1.82, 2.24) is 9.80 Å². The number of Topliss-reactive ketones (excluding diaryl/α,β-unsaturated/α-hetero) is 3. The first kappa shape index (κ1) is 22.7.